The van der Waals surface area contributed by atoms with Gasteiger partial charge >= 0.3 is 0 Å². The van der Waals surface area contributed by atoms with Crippen LogP contribution in [0.1, 0.15) is 16.1 Å². The molecule has 1 amide bonds. The van der Waals surface area contributed by atoms with Gasteiger partial charge in [-0.15, -0.1) is 11.3 Å². The van der Waals surface area contributed by atoms with Gasteiger partial charge in [0, 0.05) is 12.2 Å². The van der Waals surface area contributed by atoms with Crippen molar-refractivity contribution in [3.05, 3.63) is 46.7 Å². The van der Waals surface area contributed by atoms with E-state index < -0.39 is 0 Å². The number of anilines is 2. The summed E-state index contributed by atoms with van der Waals surface area (Å²) in [4.78, 5) is 14.6. The minimum Gasteiger partial charge on any atom is -0.397 e. The van der Waals surface area contributed by atoms with Gasteiger partial charge in [-0.05, 0) is 23.6 Å². The van der Waals surface area contributed by atoms with Gasteiger partial charge in [0.15, 0.2) is 0 Å². The summed E-state index contributed by atoms with van der Waals surface area (Å²) in [5.74, 6) is -0.158. The zero-order valence-corrected chi connectivity index (χ0v) is 11.1. The fraction of sp³-hybridized carbons (Fsp3) is 0.143. The highest BCUT2D eigenvalue weighted by Crippen LogP contribution is 2.24. The maximum Gasteiger partial charge on any atom is 0.270 e. The van der Waals surface area contributed by atoms with Crippen molar-refractivity contribution in [3.63, 3.8) is 0 Å². The van der Waals surface area contributed by atoms with Crippen molar-refractivity contribution < 1.29 is 4.79 Å². The molecule has 0 atom stereocenters. The molecule has 0 saturated carbocycles. The van der Waals surface area contributed by atoms with E-state index in [1.165, 1.54) is 11.3 Å². The SMILES string of the molecule is N#CCCN(C(=O)c1sccc1N)c1ccccc1. The first-order valence-electron chi connectivity index (χ1n) is 5.81. The van der Waals surface area contributed by atoms with Crippen LogP contribution in [0.3, 0.4) is 0 Å². The van der Waals surface area contributed by atoms with Gasteiger partial charge in [-0.1, -0.05) is 18.2 Å². The minimum absolute atomic E-state index is 0.158. The molecule has 2 rings (SSSR count). The molecule has 0 aliphatic rings. The molecule has 0 radical (unpaired) electrons. The average molecular weight is 271 g/mol. The minimum atomic E-state index is -0.158. The number of para-hydroxylation sites is 1. The van der Waals surface area contributed by atoms with E-state index in [0.717, 1.165) is 5.69 Å². The number of nitrogens with zero attached hydrogens (tertiary/aromatic N) is 2. The lowest BCUT2D eigenvalue weighted by Gasteiger charge is -2.21. The van der Waals surface area contributed by atoms with Crippen LogP contribution in [-0.4, -0.2) is 12.5 Å². The van der Waals surface area contributed by atoms with E-state index in [4.69, 9.17) is 11.0 Å². The van der Waals surface area contributed by atoms with Gasteiger partial charge in [0.2, 0.25) is 0 Å². The molecule has 0 bridgehead atoms. The number of hydrogen-bond donors (Lipinski definition) is 1. The third-order valence-electron chi connectivity index (χ3n) is 2.65. The van der Waals surface area contributed by atoms with Gasteiger partial charge in [0.1, 0.15) is 4.88 Å². The van der Waals surface area contributed by atoms with Crippen LogP contribution in [0.15, 0.2) is 41.8 Å². The highest BCUT2D eigenvalue weighted by atomic mass is 32.1. The van der Waals surface area contributed by atoms with Gasteiger partial charge in [0.25, 0.3) is 5.91 Å². The van der Waals surface area contributed by atoms with E-state index in [9.17, 15) is 4.79 Å². The highest BCUT2D eigenvalue weighted by Gasteiger charge is 2.20. The molecular formula is C14H13N3OS. The predicted octanol–water partition coefficient (Wildman–Crippen LogP) is 2.89. The van der Waals surface area contributed by atoms with Gasteiger partial charge in [-0.25, -0.2) is 0 Å². The summed E-state index contributed by atoms with van der Waals surface area (Å²) in [6.07, 6.45) is 0.284. The maximum absolute atomic E-state index is 12.5. The topological polar surface area (TPSA) is 70.1 Å². The van der Waals surface area contributed by atoms with Crippen LogP contribution in [0.25, 0.3) is 0 Å². The number of benzene rings is 1. The van der Waals surface area contributed by atoms with Crippen molar-refractivity contribution in [1.29, 1.82) is 5.26 Å². The van der Waals surface area contributed by atoms with Gasteiger partial charge in [-0.2, -0.15) is 5.26 Å². The Kier molecular flexibility index (Phi) is 4.16. The van der Waals surface area contributed by atoms with Crippen LogP contribution in [-0.2, 0) is 0 Å². The Morgan fingerprint density at radius 1 is 1.32 bits per heavy atom. The second kappa shape index (κ2) is 6.03. The van der Waals surface area contributed by atoms with E-state index in [0.29, 0.717) is 17.1 Å². The van der Waals surface area contributed by atoms with Crippen molar-refractivity contribution >= 4 is 28.6 Å². The Hall–Kier alpha value is -2.32. The molecule has 0 fully saturated rings. The quantitative estimate of drug-likeness (QED) is 0.929. The van der Waals surface area contributed by atoms with Crippen molar-refractivity contribution in [2.45, 2.75) is 6.42 Å². The third-order valence-corrected chi connectivity index (χ3v) is 3.57. The molecule has 2 N–H and O–H groups in total. The summed E-state index contributed by atoms with van der Waals surface area (Å²) in [6.45, 7) is 0.358. The molecule has 5 heteroatoms. The molecule has 1 aromatic heterocycles. The number of nitrogen functional groups attached to an aromatic ring is 1. The van der Waals surface area contributed by atoms with Crippen LogP contribution in [0.4, 0.5) is 11.4 Å². The van der Waals surface area contributed by atoms with E-state index in [1.54, 1.807) is 16.3 Å². The number of carbonyl (C=O) groups is 1. The molecule has 96 valence electrons. The normalized spacial score (nSPS) is 9.84. The number of amides is 1. The van der Waals surface area contributed by atoms with Crippen molar-refractivity contribution in [1.82, 2.24) is 0 Å². The van der Waals surface area contributed by atoms with Crippen LogP contribution in [0, 0.1) is 11.3 Å². The second-order valence-corrected chi connectivity index (χ2v) is 4.82. The lowest BCUT2D eigenvalue weighted by molar-refractivity contribution is 0.0992. The molecule has 1 heterocycles. The van der Waals surface area contributed by atoms with E-state index in [-0.39, 0.29) is 12.3 Å². The van der Waals surface area contributed by atoms with Crippen LogP contribution >= 0.6 is 11.3 Å². The smallest absolute Gasteiger partial charge is 0.270 e. The summed E-state index contributed by atoms with van der Waals surface area (Å²) in [5.41, 5.74) is 7.04. The zero-order chi connectivity index (χ0) is 13.7. The monoisotopic (exact) mass is 271 g/mol. The number of carbonyl (C=O) groups excluding carboxylic acids is 1. The Morgan fingerprint density at radius 2 is 2.05 bits per heavy atom. The predicted molar refractivity (Wildman–Crippen MR) is 77.1 cm³/mol. The second-order valence-electron chi connectivity index (χ2n) is 3.91. The van der Waals surface area contributed by atoms with Crippen LogP contribution in [0.5, 0.6) is 0 Å². The fourth-order valence-corrected chi connectivity index (χ4v) is 2.50. The summed E-state index contributed by atoms with van der Waals surface area (Å²) >= 11 is 1.31. The Balaban J connectivity index is 2.31. The van der Waals surface area contributed by atoms with Crippen molar-refractivity contribution in [3.8, 4) is 6.07 Å². The maximum atomic E-state index is 12.5. The van der Waals surface area contributed by atoms with Gasteiger partial charge in [-0.3, -0.25) is 4.79 Å². The summed E-state index contributed by atoms with van der Waals surface area (Å²) in [6, 6.07) is 13.1. The Morgan fingerprint density at radius 3 is 2.63 bits per heavy atom. The number of thiophene rings is 1. The first-order valence-corrected chi connectivity index (χ1v) is 6.69. The highest BCUT2D eigenvalue weighted by molar-refractivity contribution is 7.12. The largest absolute Gasteiger partial charge is 0.397 e. The Bertz CT molecular complexity index is 601. The fourth-order valence-electron chi connectivity index (χ4n) is 1.73. The molecular weight excluding hydrogens is 258 g/mol. The van der Waals surface area contributed by atoms with Gasteiger partial charge < -0.3 is 10.6 Å². The first-order chi connectivity index (χ1) is 9.24. The molecule has 2 aromatic rings. The zero-order valence-electron chi connectivity index (χ0n) is 10.2. The van der Waals surface area contributed by atoms with Crippen molar-refractivity contribution in [2.75, 3.05) is 17.2 Å². The molecule has 0 spiro atoms. The van der Waals surface area contributed by atoms with E-state index >= 15 is 0 Å². The number of rotatable bonds is 4. The third kappa shape index (κ3) is 2.92. The van der Waals surface area contributed by atoms with Crippen LogP contribution in [0.2, 0.25) is 0 Å². The first kappa shape index (κ1) is 13.1. The molecule has 19 heavy (non-hydrogen) atoms. The van der Waals surface area contributed by atoms with Gasteiger partial charge in [0.05, 0.1) is 18.2 Å². The van der Waals surface area contributed by atoms with E-state index in [2.05, 4.69) is 6.07 Å². The molecule has 0 unspecified atom stereocenters. The van der Waals surface area contributed by atoms with Crippen LogP contribution < -0.4 is 10.6 Å². The summed E-state index contributed by atoms with van der Waals surface area (Å²) < 4.78 is 0. The average Bonchev–Trinajstić information content (AvgIpc) is 2.86. The molecule has 4 nitrogen and oxygen atoms in total. The van der Waals surface area contributed by atoms with Crippen molar-refractivity contribution in [2.24, 2.45) is 0 Å². The summed E-state index contributed by atoms with van der Waals surface area (Å²) in [7, 11) is 0. The molecule has 0 aliphatic carbocycles. The molecule has 1 aromatic carbocycles. The Labute approximate surface area is 115 Å². The van der Waals surface area contributed by atoms with E-state index in [1.807, 2.05) is 30.3 Å². The number of hydrogen-bond acceptors (Lipinski definition) is 4. The molecule has 0 saturated heterocycles. The lowest BCUT2D eigenvalue weighted by Crippen LogP contribution is -2.31. The number of nitrogens with two attached hydrogens (primary N) is 1. The summed E-state index contributed by atoms with van der Waals surface area (Å²) in [5, 5.41) is 10.5. The lowest BCUT2D eigenvalue weighted by atomic mass is 10.2. The standard InChI is InChI=1S/C14H13N3OS/c15-8-4-9-17(11-5-2-1-3-6-11)14(18)13-12(16)7-10-19-13/h1-3,5-7,10H,4,9,16H2. The number of nitriles is 1. The molecule has 0 aliphatic heterocycles.